The zero-order chi connectivity index (χ0) is 11.2. The maximum absolute atomic E-state index is 3.55. The van der Waals surface area contributed by atoms with E-state index < -0.39 is 0 Å². The maximum atomic E-state index is 3.55. The SMILES string of the molecule is Brc1ccc(CNCC2CCNCC2)cc1.[Cl-].[Cl-]. The summed E-state index contributed by atoms with van der Waals surface area (Å²) in [5.41, 5.74) is 1.36. The van der Waals surface area contributed by atoms with E-state index >= 15 is 0 Å². The molecule has 1 aromatic carbocycles. The quantitative estimate of drug-likeness (QED) is 0.588. The van der Waals surface area contributed by atoms with Crippen molar-refractivity contribution in [2.75, 3.05) is 19.6 Å². The molecule has 2 rings (SSSR count). The molecule has 0 saturated carbocycles. The number of benzene rings is 1. The van der Waals surface area contributed by atoms with Crippen LogP contribution in [0.4, 0.5) is 0 Å². The predicted octanol–water partition coefficient (Wildman–Crippen LogP) is -3.45. The topological polar surface area (TPSA) is 24.1 Å². The van der Waals surface area contributed by atoms with E-state index in [-0.39, 0.29) is 24.8 Å². The second-order valence-electron chi connectivity index (χ2n) is 4.45. The molecule has 1 fully saturated rings. The van der Waals surface area contributed by atoms with Crippen molar-refractivity contribution in [2.45, 2.75) is 19.4 Å². The van der Waals surface area contributed by atoms with Gasteiger partial charge in [-0.2, -0.15) is 0 Å². The van der Waals surface area contributed by atoms with Gasteiger partial charge in [0.05, 0.1) is 0 Å². The molecular weight excluding hydrogens is 335 g/mol. The first kappa shape index (κ1) is 18.2. The van der Waals surface area contributed by atoms with Crippen molar-refractivity contribution in [3.63, 3.8) is 0 Å². The molecule has 0 bridgehead atoms. The van der Waals surface area contributed by atoms with Gasteiger partial charge in [0.2, 0.25) is 0 Å². The highest BCUT2D eigenvalue weighted by molar-refractivity contribution is 9.10. The summed E-state index contributed by atoms with van der Waals surface area (Å²) in [6, 6.07) is 8.53. The van der Waals surface area contributed by atoms with E-state index in [4.69, 9.17) is 0 Å². The molecule has 104 valence electrons. The van der Waals surface area contributed by atoms with Crippen LogP contribution >= 0.6 is 15.9 Å². The van der Waals surface area contributed by atoms with Gasteiger partial charge >= 0.3 is 0 Å². The molecule has 2 nitrogen and oxygen atoms in total. The van der Waals surface area contributed by atoms with Crippen LogP contribution in [0.25, 0.3) is 0 Å². The van der Waals surface area contributed by atoms with Gasteiger partial charge < -0.3 is 35.4 Å². The van der Waals surface area contributed by atoms with E-state index in [1.807, 2.05) is 0 Å². The molecule has 1 heterocycles. The zero-order valence-corrected chi connectivity index (χ0v) is 13.4. The summed E-state index contributed by atoms with van der Waals surface area (Å²) in [4.78, 5) is 0. The third-order valence-electron chi connectivity index (χ3n) is 3.13. The predicted molar refractivity (Wildman–Crippen MR) is 71.4 cm³/mol. The van der Waals surface area contributed by atoms with Crippen LogP contribution in [-0.2, 0) is 6.54 Å². The highest BCUT2D eigenvalue weighted by Gasteiger charge is 2.11. The largest absolute Gasteiger partial charge is 1.00 e. The van der Waals surface area contributed by atoms with Crippen LogP contribution in [-0.4, -0.2) is 19.6 Å². The van der Waals surface area contributed by atoms with Gasteiger partial charge in [-0.15, -0.1) is 0 Å². The van der Waals surface area contributed by atoms with Crippen molar-refractivity contribution < 1.29 is 24.8 Å². The van der Waals surface area contributed by atoms with Crippen molar-refractivity contribution in [1.29, 1.82) is 0 Å². The van der Waals surface area contributed by atoms with Crippen LogP contribution in [0, 0.1) is 5.92 Å². The van der Waals surface area contributed by atoms with E-state index in [0.717, 1.165) is 23.5 Å². The number of rotatable bonds is 4. The Bertz CT molecular complexity index is 313. The fourth-order valence-electron chi connectivity index (χ4n) is 2.11. The van der Waals surface area contributed by atoms with Gasteiger partial charge in [0.1, 0.15) is 0 Å². The summed E-state index contributed by atoms with van der Waals surface area (Å²) in [6.45, 7) is 4.50. The summed E-state index contributed by atoms with van der Waals surface area (Å²) >= 11 is 3.45. The first-order chi connectivity index (χ1) is 7.84. The average Bonchev–Trinajstić information content (AvgIpc) is 2.33. The van der Waals surface area contributed by atoms with Gasteiger partial charge in [0.25, 0.3) is 0 Å². The van der Waals surface area contributed by atoms with Crippen LogP contribution in [0.5, 0.6) is 0 Å². The molecular formula is C13H19BrCl2N2-2. The summed E-state index contributed by atoms with van der Waals surface area (Å²) in [5, 5.41) is 6.94. The molecule has 2 N–H and O–H groups in total. The average molecular weight is 354 g/mol. The Hall–Kier alpha value is 0.200. The molecule has 0 aromatic heterocycles. The Morgan fingerprint density at radius 3 is 2.33 bits per heavy atom. The van der Waals surface area contributed by atoms with E-state index in [1.165, 1.54) is 31.5 Å². The Kier molecular flexibility index (Phi) is 10.2. The van der Waals surface area contributed by atoms with Gasteiger partial charge in [-0.1, -0.05) is 28.1 Å². The van der Waals surface area contributed by atoms with E-state index in [9.17, 15) is 0 Å². The minimum atomic E-state index is 0. The van der Waals surface area contributed by atoms with Crippen LogP contribution < -0.4 is 35.4 Å². The number of hydrogen-bond donors (Lipinski definition) is 2. The smallest absolute Gasteiger partial charge is 0.0205 e. The minimum absolute atomic E-state index is 0. The minimum Gasteiger partial charge on any atom is -1.00 e. The van der Waals surface area contributed by atoms with Crippen molar-refractivity contribution in [3.8, 4) is 0 Å². The first-order valence-electron chi connectivity index (χ1n) is 6.00. The fraction of sp³-hybridized carbons (Fsp3) is 0.538. The second kappa shape index (κ2) is 10.0. The standard InChI is InChI=1S/C13H19BrN2.2ClH/c14-13-3-1-11(2-4-13)9-16-10-12-5-7-15-8-6-12;;/h1-4,12,15-16H,5-10H2;2*1H/p-2. The lowest BCUT2D eigenvalue weighted by Crippen LogP contribution is -3.00. The third kappa shape index (κ3) is 6.39. The molecule has 18 heavy (non-hydrogen) atoms. The first-order valence-corrected chi connectivity index (χ1v) is 6.80. The van der Waals surface area contributed by atoms with Gasteiger partial charge in [0, 0.05) is 11.0 Å². The van der Waals surface area contributed by atoms with Gasteiger partial charge in [-0.3, -0.25) is 0 Å². The number of hydrogen-bond acceptors (Lipinski definition) is 2. The summed E-state index contributed by atoms with van der Waals surface area (Å²) in [7, 11) is 0. The lowest BCUT2D eigenvalue weighted by Gasteiger charge is -2.22. The van der Waals surface area contributed by atoms with Crippen molar-refractivity contribution in [2.24, 2.45) is 5.92 Å². The van der Waals surface area contributed by atoms with Gasteiger partial charge in [-0.25, -0.2) is 0 Å². The Morgan fingerprint density at radius 2 is 1.72 bits per heavy atom. The van der Waals surface area contributed by atoms with Crippen molar-refractivity contribution in [1.82, 2.24) is 10.6 Å². The lowest BCUT2D eigenvalue weighted by molar-refractivity contribution is -0.00100. The highest BCUT2D eigenvalue weighted by Crippen LogP contribution is 2.12. The van der Waals surface area contributed by atoms with Gasteiger partial charge in [-0.05, 0) is 56.1 Å². The number of nitrogens with one attached hydrogen (secondary N) is 2. The molecule has 0 amide bonds. The molecule has 1 aliphatic rings. The molecule has 0 atom stereocenters. The molecule has 1 saturated heterocycles. The van der Waals surface area contributed by atoms with Crippen molar-refractivity contribution in [3.05, 3.63) is 34.3 Å². The van der Waals surface area contributed by atoms with Gasteiger partial charge in [0.15, 0.2) is 0 Å². The van der Waals surface area contributed by atoms with E-state index in [1.54, 1.807) is 0 Å². The summed E-state index contributed by atoms with van der Waals surface area (Å²) in [5.74, 6) is 0.858. The Morgan fingerprint density at radius 1 is 1.11 bits per heavy atom. The zero-order valence-electron chi connectivity index (χ0n) is 10.3. The van der Waals surface area contributed by atoms with Crippen LogP contribution in [0.1, 0.15) is 18.4 Å². The monoisotopic (exact) mass is 352 g/mol. The van der Waals surface area contributed by atoms with E-state index in [0.29, 0.717) is 0 Å². The normalized spacial score (nSPS) is 15.6. The van der Waals surface area contributed by atoms with Crippen LogP contribution in [0.3, 0.4) is 0 Å². The molecule has 0 radical (unpaired) electrons. The highest BCUT2D eigenvalue weighted by atomic mass is 79.9. The molecule has 0 unspecified atom stereocenters. The second-order valence-corrected chi connectivity index (χ2v) is 5.37. The Balaban J connectivity index is 0.00000144. The third-order valence-corrected chi connectivity index (χ3v) is 3.66. The van der Waals surface area contributed by atoms with Crippen LogP contribution in [0.15, 0.2) is 28.7 Å². The number of piperidine rings is 1. The van der Waals surface area contributed by atoms with Crippen molar-refractivity contribution >= 4 is 15.9 Å². The summed E-state index contributed by atoms with van der Waals surface area (Å²) in [6.07, 6.45) is 2.63. The summed E-state index contributed by atoms with van der Waals surface area (Å²) < 4.78 is 1.15. The molecule has 1 aromatic rings. The molecule has 1 aliphatic heterocycles. The van der Waals surface area contributed by atoms with E-state index in [2.05, 4.69) is 50.8 Å². The molecule has 0 aliphatic carbocycles. The molecule has 5 heteroatoms. The number of halogens is 3. The fourth-order valence-corrected chi connectivity index (χ4v) is 2.37. The maximum Gasteiger partial charge on any atom is 0.0205 e. The molecule has 0 spiro atoms. The Labute approximate surface area is 130 Å². The van der Waals surface area contributed by atoms with Crippen LogP contribution in [0.2, 0.25) is 0 Å². The lowest BCUT2D eigenvalue weighted by atomic mass is 9.98.